The molecule has 2 aromatic heterocycles. The van der Waals surface area contributed by atoms with Crippen molar-refractivity contribution in [2.75, 3.05) is 25.5 Å². The van der Waals surface area contributed by atoms with Gasteiger partial charge in [0, 0.05) is 34.8 Å². The number of fused-ring (bicyclic) bond motifs is 1. The van der Waals surface area contributed by atoms with Crippen molar-refractivity contribution in [1.82, 2.24) is 14.9 Å². The lowest BCUT2D eigenvalue weighted by Gasteiger charge is -2.29. The quantitative estimate of drug-likeness (QED) is 0.444. The number of anilines is 1. The number of likely N-dealkylation sites (tertiary alicyclic amines) is 1. The molecule has 5 rings (SSSR count). The Morgan fingerprint density at radius 1 is 0.906 bits per heavy atom. The minimum atomic E-state index is 0.416. The number of rotatable bonds is 5. The first-order valence-electron chi connectivity index (χ1n) is 11.2. The predicted molar refractivity (Wildman–Crippen MR) is 132 cm³/mol. The van der Waals surface area contributed by atoms with E-state index in [1.807, 2.05) is 48.5 Å². The molecule has 3 heterocycles. The summed E-state index contributed by atoms with van der Waals surface area (Å²) in [5.41, 5.74) is 4.69. The van der Waals surface area contributed by atoms with Gasteiger partial charge in [-0.05, 0) is 45.1 Å². The highest BCUT2D eigenvalue weighted by Crippen LogP contribution is 2.29. The van der Waals surface area contributed by atoms with Crippen LogP contribution >= 0.6 is 0 Å². The second kappa shape index (κ2) is 9.28. The number of benzene rings is 2. The maximum atomic E-state index is 5.18. The van der Waals surface area contributed by atoms with Gasteiger partial charge in [-0.2, -0.15) is 0 Å². The molecule has 0 spiro atoms. The summed E-state index contributed by atoms with van der Waals surface area (Å²) in [4.78, 5) is 16.9. The van der Waals surface area contributed by atoms with E-state index in [4.69, 9.17) is 9.98 Å². The Bertz CT molecular complexity index is 1170. The Morgan fingerprint density at radius 3 is 2.22 bits per heavy atom. The van der Waals surface area contributed by atoms with E-state index in [9.17, 15) is 0 Å². The summed E-state index contributed by atoms with van der Waals surface area (Å²) in [5.74, 6) is 0.838. The highest BCUT2D eigenvalue weighted by molar-refractivity contribution is 6.14. The molecule has 1 aliphatic heterocycles. The van der Waals surface area contributed by atoms with Gasteiger partial charge in [-0.3, -0.25) is 0 Å². The Morgan fingerprint density at radius 2 is 1.56 bits per heavy atom. The summed E-state index contributed by atoms with van der Waals surface area (Å²) in [6.45, 7) is 2.20. The summed E-state index contributed by atoms with van der Waals surface area (Å²) in [6, 6.07) is 27.1. The molecule has 0 unspecified atom stereocenters. The molecule has 0 aliphatic carbocycles. The number of pyridine rings is 2. The molecule has 1 aliphatic rings. The summed E-state index contributed by atoms with van der Waals surface area (Å²) in [5, 5.41) is 4.59. The highest BCUT2D eigenvalue weighted by Gasteiger charge is 2.18. The lowest BCUT2D eigenvalue weighted by molar-refractivity contribution is 0.263. The fraction of sp³-hybridized carbons (Fsp3) is 0.222. The molecule has 1 saturated heterocycles. The van der Waals surface area contributed by atoms with E-state index in [1.165, 1.54) is 0 Å². The van der Waals surface area contributed by atoms with Crippen LogP contribution in [0.5, 0.6) is 0 Å². The monoisotopic (exact) mass is 421 g/mol. The van der Waals surface area contributed by atoms with Crippen molar-refractivity contribution in [3.8, 4) is 0 Å². The van der Waals surface area contributed by atoms with Crippen LogP contribution in [0.2, 0.25) is 0 Å². The molecule has 160 valence electrons. The Labute approximate surface area is 188 Å². The molecule has 4 aromatic rings. The molecule has 0 bridgehead atoms. The molecule has 0 radical (unpaired) electrons. The van der Waals surface area contributed by atoms with E-state index in [0.717, 1.165) is 59.7 Å². The second-order valence-electron chi connectivity index (χ2n) is 8.32. The van der Waals surface area contributed by atoms with Crippen molar-refractivity contribution < 1.29 is 0 Å². The first-order valence-corrected chi connectivity index (χ1v) is 11.2. The first kappa shape index (κ1) is 20.3. The minimum absolute atomic E-state index is 0.416. The normalized spacial score (nSPS) is 14.9. The predicted octanol–water partition coefficient (Wildman–Crippen LogP) is 5.31. The molecule has 0 saturated carbocycles. The van der Waals surface area contributed by atoms with Crippen LogP contribution < -0.4 is 5.32 Å². The van der Waals surface area contributed by atoms with Gasteiger partial charge in [0.1, 0.15) is 5.82 Å². The van der Waals surface area contributed by atoms with E-state index in [-0.39, 0.29) is 0 Å². The van der Waals surface area contributed by atoms with Crippen LogP contribution in [-0.2, 0) is 0 Å². The Hall–Kier alpha value is -3.57. The standard InChI is InChI=1S/C27H27N5/c1-32-17-14-22(15-18-32)29-25-19-24(23-13-8-16-28-27(23)31-25)30-26(20-9-4-2-5-10-20)21-11-6-3-7-12-21/h2-13,16,19,22H,14-15,17-18H2,1H3,(H,28,29,31). The van der Waals surface area contributed by atoms with Gasteiger partial charge in [0.25, 0.3) is 0 Å². The molecular formula is C27H27N5. The van der Waals surface area contributed by atoms with Gasteiger partial charge in [-0.1, -0.05) is 60.7 Å². The summed E-state index contributed by atoms with van der Waals surface area (Å²) in [6.07, 6.45) is 4.00. The van der Waals surface area contributed by atoms with Gasteiger partial charge in [0.15, 0.2) is 5.65 Å². The molecule has 0 amide bonds. The molecule has 5 heteroatoms. The van der Waals surface area contributed by atoms with E-state index >= 15 is 0 Å². The Balaban J connectivity index is 1.60. The van der Waals surface area contributed by atoms with Gasteiger partial charge in [-0.15, -0.1) is 0 Å². The van der Waals surface area contributed by atoms with E-state index < -0.39 is 0 Å². The SMILES string of the molecule is CN1CCC(Nc2cc(N=C(c3ccccc3)c3ccccc3)c3cccnc3n2)CC1. The lowest BCUT2D eigenvalue weighted by Crippen LogP contribution is -2.36. The largest absolute Gasteiger partial charge is 0.367 e. The molecule has 1 fully saturated rings. The van der Waals surface area contributed by atoms with Gasteiger partial charge in [0.05, 0.1) is 11.4 Å². The number of hydrogen-bond donors (Lipinski definition) is 1. The van der Waals surface area contributed by atoms with E-state index in [1.54, 1.807) is 6.20 Å². The van der Waals surface area contributed by atoms with Crippen molar-refractivity contribution in [2.24, 2.45) is 4.99 Å². The van der Waals surface area contributed by atoms with E-state index in [0.29, 0.717) is 11.7 Å². The van der Waals surface area contributed by atoms with Crippen LogP contribution in [0.25, 0.3) is 11.0 Å². The third-order valence-electron chi connectivity index (χ3n) is 5.96. The maximum Gasteiger partial charge on any atom is 0.163 e. The van der Waals surface area contributed by atoms with Crippen molar-refractivity contribution >= 4 is 28.3 Å². The van der Waals surface area contributed by atoms with Crippen molar-refractivity contribution in [3.05, 3.63) is 96.2 Å². The van der Waals surface area contributed by atoms with Crippen LogP contribution in [0.3, 0.4) is 0 Å². The third-order valence-corrected chi connectivity index (χ3v) is 5.96. The summed E-state index contributed by atoms with van der Waals surface area (Å²) >= 11 is 0. The smallest absolute Gasteiger partial charge is 0.163 e. The zero-order valence-corrected chi connectivity index (χ0v) is 18.3. The van der Waals surface area contributed by atoms with Crippen molar-refractivity contribution in [2.45, 2.75) is 18.9 Å². The van der Waals surface area contributed by atoms with Crippen LogP contribution in [0.1, 0.15) is 24.0 Å². The van der Waals surface area contributed by atoms with Crippen LogP contribution in [0, 0.1) is 0 Å². The number of hydrogen-bond acceptors (Lipinski definition) is 5. The number of nitrogens with one attached hydrogen (secondary N) is 1. The number of nitrogens with zero attached hydrogens (tertiary/aromatic N) is 4. The lowest BCUT2D eigenvalue weighted by atomic mass is 10.0. The topological polar surface area (TPSA) is 53.4 Å². The van der Waals surface area contributed by atoms with Crippen LogP contribution in [0.4, 0.5) is 11.5 Å². The van der Waals surface area contributed by atoms with Gasteiger partial charge >= 0.3 is 0 Å². The zero-order chi connectivity index (χ0) is 21.8. The summed E-state index contributed by atoms with van der Waals surface area (Å²) < 4.78 is 0. The van der Waals surface area contributed by atoms with Crippen LogP contribution in [-0.4, -0.2) is 46.8 Å². The van der Waals surface area contributed by atoms with Crippen LogP contribution in [0.15, 0.2) is 90.1 Å². The third kappa shape index (κ3) is 4.53. The van der Waals surface area contributed by atoms with Gasteiger partial charge in [0.2, 0.25) is 0 Å². The molecular weight excluding hydrogens is 394 g/mol. The Kier molecular flexibility index (Phi) is 5.90. The molecule has 5 nitrogen and oxygen atoms in total. The zero-order valence-electron chi connectivity index (χ0n) is 18.3. The first-order chi connectivity index (χ1) is 15.8. The van der Waals surface area contributed by atoms with Gasteiger partial charge in [-0.25, -0.2) is 15.0 Å². The maximum absolute atomic E-state index is 5.18. The van der Waals surface area contributed by atoms with Crippen molar-refractivity contribution in [1.29, 1.82) is 0 Å². The molecule has 1 N–H and O–H groups in total. The average Bonchev–Trinajstić information content (AvgIpc) is 2.85. The fourth-order valence-electron chi connectivity index (χ4n) is 4.18. The molecule has 2 aromatic carbocycles. The highest BCUT2D eigenvalue weighted by atomic mass is 15.1. The minimum Gasteiger partial charge on any atom is -0.367 e. The molecule has 32 heavy (non-hydrogen) atoms. The van der Waals surface area contributed by atoms with Gasteiger partial charge < -0.3 is 10.2 Å². The summed E-state index contributed by atoms with van der Waals surface area (Å²) in [7, 11) is 2.18. The molecule has 0 atom stereocenters. The fourth-order valence-corrected chi connectivity index (χ4v) is 4.18. The second-order valence-corrected chi connectivity index (χ2v) is 8.32. The average molecular weight is 422 g/mol. The van der Waals surface area contributed by atoms with E-state index in [2.05, 4.69) is 52.6 Å². The number of piperidine rings is 1. The van der Waals surface area contributed by atoms with Crippen molar-refractivity contribution in [3.63, 3.8) is 0 Å². The number of aromatic nitrogens is 2. The number of aliphatic imine (C=N–C) groups is 1.